The molecule has 0 atom stereocenters. The van der Waals surface area contributed by atoms with Gasteiger partial charge in [0.25, 0.3) is 0 Å². The Morgan fingerprint density at radius 2 is 1.85 bits per heavy atom. The fraction of sp³-hybridized carbons (Fsp3) is 0.700. The highest BCUT2D eigenvalue weighted by molar-refractivity contribution is 5.92. The quantitative estimate of drug-likeness (QED) is 0.771. The van der Waals surface area contributed by atoms with E-state index in [0.717, 1.165) is 30.2 Å². The molecule has 0 N–H and O–H groups in total. The van der Waals surface area contributed by atoms with Crippen LogP contribution in [0.4, 0.5) is 5.82 Å². The van der Waals surface area contributed by atoms with Crippen LogP contribution in [0.25, 0.3) is 0 Å². The molecule has 2 aliphatic heterocycles. The Morgan fingerprint density at radius 1 is 1.19 bits per heavy atom. The fourth-order valence-electron chi connectivity index (χ4n) is 4.04. The molecule has 0 saturated carbocycles. The molecule has 1 saturated heterocycles. The molecule has 0 spiro atoms. The summed E-state index contributed by atoms with van der Waals surface area (Å²) in [6, 6.07) is 1.89. The number of rotatable bonds is 3. The van der Waals surface area contributed by atoms with Gasteiger partial charge >= 0.3 is 5.97 Å². The predicted molar refractivity (Wildman–Crippen MR) is 99.9 cm³/mol. The Hall–Kier alpha value is -1.66. The van der Waals surface area contributed by atoms with Gasteiger partial charge in [-0.15, -0.1) is 0 Å². The third-order valence-corrected chi connectivity index (χ3v) is 4.69. The lowest BCUT2D eigenvalue weighted by Crippen LogP contribution is -2.57. The Balaban J connectivity index is 2.03. The minimum absolute atomic E-state index is 0.277. The molecule has 144 valence electrons. The van der Waals surface area contributed by atoms with E-state index in [9.17, 15) is 4.79 Å². The summed E-state index contributed by atoms with van der Waals surface area (Å²) in [5, 5.41) is 0. The van der Waals surface area contributed by atoms with Gasteiger partial charge in [-0.3, -0.25) is 0 Å². The van der Waals surface area contributed by atoms with Crippen molar-refractivity contribution in [2.75, 3.05) is 37.8 Å². The molecular formula is C20H30N2O4. The van der Waals surface area contributed by atoms with E-state index in [4.69, 9.17) is 19.2 Å². The van der Waals surface area contributed by atoms with Crippen molar-refractivity contribution in [2.45, 2.75) is 58.7 Å². The molecule has 3 heterocycles. The van der Waals surface area contributed by atoms with E-state index in [1.54, 1.807) is 0 Å². The number of esters is 1. The maximum Gasteiger partial charge on any atom is 0.338 e. The zero-order chi connectivity index (χ0) is 18.9. The van der Waals surface area contributed by atoms with Crippen LogP contribution < -0.4 is 4.90 Å². The summed E-state index contributed by atoms with van der Waals surface area (Å²) in [5.41, 5.74) is 1.97. The Kier molecular flexibility index (Phi) is 5.26. The lowest BCUT2D eigenvalue weighted by Gasteiger charge is -2.47. The standard InChI is InChI=1S/C20H30N2O4/c1-6-25-18(23)15-11-17(21-16-8-10-24-9-7-14(15)16)22-12-19(2,3)26-20(4,5)13-22/h11H,6-10,12-13H2,1-5H3. The van der Waals surface area contributed by atoms with Crippen LogP contribution in [0.5, 0.6) is 0 Å². The van der Waals surface area contributed by atoms with E-state index in [1.165, 1.54) is 0 Å². The molecule has 6 nitrogen and oxygen atoms in total. The average Bonchev–Trinajstić information content (AvgIpc) is 2.76. The van der Waals surface area contributed by atoms with Crippen LogP contribution in [0.2, 0.25) is 0 Å². The van der Waals surface area contributed by atoms with Gasteiger partial charge in [0.15, 0.2) is 0 Å². The zero-order valence-corrected chi connectivity index (χ0v) is 16.6. The Bertz CT molecular complexity index is 669. The van der Waals surface area contributed by atoms with Gasteiger partial charge in [0.05, 0.1) is 36.6 Å². The molecule has 0 aromatic carbocycles. The van der Waals surface area contributed by atoms with Gasteiger partial charge in [-0.2, -0.15) is 0 Å². The molecule has 0 unspecified atom stereocenters. The summed E-state index contributed by atoms with van der Waals surface area (Å²) < 4.78 is 17.1. The first-order valence-electron chi connectivity index (χ1n) is 9.43. The van der Waals surface area contributed by atoms with Crippen LogP contribution in [0.15, 0.2) is 6.07 Å². The van der Waals surface area contributed by atoms with Gasteiger partial charge in [0.2, 0.25) is 0 Å². The van der Waals surface area contributed by atoms with Gasteiger partial charge < -0.3 is 19.1 Å². The highest BCUT2D eigenvalue weighted by Gasteiger charge is 2.39. The van der Waals surface area contributed by atoms with E-state index in [-0.39, 0.29) is 17.2 Å². The minimum atomic E-state index is -0.288. The molecule has 0 aliphatic carbocycles. The van der Waals surface area contributed by atoms with Gasteiger partial charge in [0.1, 0.15) is 5.82 Å². The third-order valence-electron chi connectivity index (χ3n) is 4.69. The summed E-state index contributed by atoms with van der Waals surface area (Å²) in [6.07, 6.45) is 1.41. The summed E-state index contributed by atoms with van der Waals surface area (Å²) in [5.74, 6) is 0.541. The molecule has 0 radical (unpaired) electrons. The number of anilines is 1. The lowest BCUT2D eigenvalue weighted by molar-refractivity contribution is -0.133. The maximum absolute atomic E-state index is 12.6. The Morgan fingerprint density at radius 3 is 2.50 bits per heavy atom. The van der Waals surface area contributed by atoms with E-state index >= 15 is 0 Å². The molecule has 1 aromatic heterocycles. The van der Waals surface area contributed by atoms with Crippen LogP contribution >= 0.6 is 0 Å². The van der Waals surface area contributed by atoms with Gasteiger partial charge in [0, 0.05) is 25.2 Å². The van der Waals surface area contributed by atoms with Crippen LogP contribution in [-0.4, -0.2) is 55.1 Å². The van der Waals surface area contributed by atoms with E-state index < -0.39 is 0 Å². The number of hydrogen-bond donors (Lipinski definition) is 0. The van der Waals surface area contributed by atoms with Crippen LogP contribution in [-0.2, 0) is 27.1 Å². The first kappa shape index (κ1) is 19.1. The highest BCUT2D eigenvalue weighted by Crippen LogP contribution is 2.32. The van der Waals surface area contributed by atoms with Crippen molar-refractivity contribution < 1.29 is 19.0 Å². The largest absolute Gasteiger partial charge is 0.462 e. The second-order valence-corrected chi connectivity index (χ2v) is 8.26. The SMILES string of the molecule is CCOC(=O)c1cc(N2CC(C)(C)OC(C)(C)C2)nc2c1CCOCC2. The number of carbonyl (C=O) groups excluding carboxylic acids is 1. The van der Waals surface area contributed by atoms with Crippen LogP contribution in [0, 0.1) is 0 Å². The van der Waals surface area contributed by atoms with Gasteiger partial charge in [-0.25, -0.2) is 9.78 Å². The molecule has 0 bridgehead atoms. The van der Waals surface area contributed by atoms with Gasteiger partial charge in [-0.05, 0) is 52.7 Å². The molecule has 3 rings (SSSR count). The predicted octanol–water partition coefficient (Wildman–Crippen LogP) is 2.77. The van der Waals surface area contributed by atoms with E-state index in [1.807, 2.05) is 13.0 Å². The number of hydrogen-bond acceptors (Lipinski definition) is 6. The van der Waals surface area contributed by atoms with Crippen LogP contribution in [0.3, 0.4) is 0 Å². The number of ether oxygens (including phenoxy) is 3. The van der Waals surface area contributed by atoms with Crippen molar-refractivity contribution in [1.29, 1.82) is 0 Å². The Labute approximate surface area is 155 Å². The molecule has 6 heteroatoms. The number of morpholine rings is 1. The topological polar surface area (TPSA) is 60.9 Å². The smallest absolute Gasteiger partial charge is 0.338 e. The second-order valence-electron chi connectivity index (χ2n) is 8.26. The maximum atomic E-state index is 12.6. The van der Waals surface area contributed by atoms with Crippen molar-refractivity contribution in [3.63, 3.8) is 0 Å². The minimum Gasteiger partial charge on any atom is -0.462 e. The summed E-state index contributed by atoms with van der Waals surface area (Å²) in [7, 11) is 0. The molecule has 0 amide bonds. The number of nitrogens with zero attached hydrogens (tertiary/aromatic N) is 2. The summed E-state index contributed by atoms with van der Waals surface area (Å²) in [4.78, 5) is 19.7. The number of fused-ring (bicyclic) bond motifs is 1. The summed E-state index contributed by atoms with van der Waals surface area (Å²) in [6.45, 7) is 13.2. The van der Waals surface area contributed by atoms with E-state index in [2.05, 4.69) is 32.6 Å². The van der Waals surface area contributed by atoms with Gasteiger partial charge in [-0.1, -0.05) is 0 Å². The first-order chi connectivity index (χ1) is 12.2. The molecule has 1 fully saturated rings. The van der Waals surface area contributed by atoms with E-state index in [0.29, 0.717) is 38.2 Å². The van der Waals surface area contributed by atoms with Crippen LogP contribution in [0.1, 0.15) is 56.2 Å². The van der Waals surface area contributed by atoms with Crippen molar-refractivity contribution in [2.24, 2.45) is 0 Å². The normalized spacial score (nSPS) is 21.7. The first-order valence-corrected chi connectivity index (χ1v) is 9.43. The number of carbonyl (C=O) groups is 1. The highest BCUT2D eigenvalue weighted by atomic mass is 16.5. The molecule has 26 heavy (non-hydrogen) atoms. The molecule has 1 aromatic rings. The lowest BCUT2D eigenvalue weighted by atomic mass is 9.97. The molecular weight excluding hydrogens is 332 g/mol. The van der Waals surface area contributed by atoms with Crippen molar-refractivity contribution in [1.82, 2.24) is 4.98 Å². The van der Waals surface area contributed by atoms with Crippen molar-refractivity contribution in [3.05, 3.63) is 22.9 Å². The van der Waals surface area contributed by atoms with Crippen molar-refractivity contribution >= 4 is 11.8 Å². The number of pyridine rings is 1. The molecule has 2 aliphatic rings. The zero-order valence-electron chi connectivity index (χ0n) is 16.6. The third kappa shape index (κ3) is 4.18. The fourth-order valence-corrected chi connectivity index (χ4v) is 4.04. The average molecular weight is 362 g/mol. The number of aromatic nitrogens is 1. The van der Waals surface area contributed by atoms with Crippen molar-refractivity contribution in [3.8, 4) is 0 Å². The summed E-state index contributed by atoms with van der Waals surface area (Å²) >= 11 is 0. The second kappa shape index (κ2) is 7.16. The monoisotopic (exact) mass is 362 g/mol.